The van der Waals surface area contributed by atoms with Crippen LogP contribution < -0.4 is 5.73 Å². The van der Waals surface area contributed by atoms with Crippen molar-refractivity contribution < 1.29 is 32.8 Å². The number of unbranched alkanes of at least 4 members (excludes halogenated alkanes) is 14. The topological polar surface area (TPSA) is 117 Å². The molecule has 0 radical (unpaired) electrons. The highest BCUT2D eigenvalue weighted by Gasteiger charge is 2.25. The van der Waals surface area contributed by atoms with Gasteiger partial charge in [0.05, 0.1) is 19.5 Å². The molecule has 0 saturated heterocycles. The van der Waals surface area contributed by atoms with Crippen molar-refractivity contribution in [3.05, 3.63) is 60.9 Å². The van der Waals surface area contributed by atoms with Gasteiger partial charge in [-0.05, 0) is 18.9 Å². The Bertz CT molecular complexity index is 854. The molecule has 2 unspecified atom stereocenters. The maximum atomic E-state index is 12.4. The van der Waals surface area contributed by atoms with E-state index in [0.29, 0.717) is 0 Å². The SMILES string of the molecule is CCC=CC=CC=CC=CC=COCC(COP(=O)(O)OCCN)OC(=O)CCCCCCCCCCCCCCCCC. The summed E-state index contributed by atoms with van der Waals surface area (Å²) in [5.41, 5.74) is 5.32. The van der Waals surface area contributed by atoms with Crippen molar-refractivity contribution in [2.75, 3.05) is 26.4 Å². The largest absolute Gasteiger partial charge is 0.497 e. The molecule has 3 N–H and O–H groups in total. The van der Waals surface area contributed by atoms with Crippen molar-refractivity contribution in [1.82, 2.24) is 0 Å². The number of ether oxygens (including phenoxy) is 2. The summed E-state index contributed by atoms with van der Waals surface area (Å²) in [6.45, 7) is 3.93. The highest BCUT2D eigenvalue weighted by Crippen LogP contribution is 2.43. The Labute approximate surface area is 268 Å². The first-order valence-electron chi connectivity index (χ1n) is 16.9. The van der Waals surface area contributed by atoms with E-state index in [-0.39, 0.29) is 38.8 Å². The van der Waals surface area contributed by atoms with E-state index in [1.54, 1.807) is 12.2 Å². The molecular formula is C35H62NO7P. The lowest BCUT2D eigenvalue weighted by Crippen LogP contribution is -2.27. The van der Waals surface area contributed by atoms with E-state index in [0.717, 1.165) is 25.7 Å². The smallest absolute Gasteiger partial charge is 0.472 e. The monoisotopic (exact) mass is 639 g/mol. The van der Waals surface area contributed by atoms with E-state index in [9.17, 15) is 14.3 Å². The molecule has 0 aliphatic heterocycles. The fraction of sp³-hybridized carbons (Fsp3) is 0.686. The van der Waals surface area contributed by atoms with E-state index in [1.807, 2.05) is 36.5 Å². The van der Waals surface area contributed by atoms with Crippen molar-refractivity contribution in [3.8, 4) is 0 Å². The molecule has 0 aliphatic carbocycles. The zero-order valence-electron chi connectivity index (χ0n) is 27.6. The maximum Gasteiger partial charge on any atom is 0.472 e. The van der Waals surface area contributed by atoms with Gasteiger partial charge in [0, 0.05) is 13.0 Å². The second-order valence-corrected chi connectivity index (χ2v) is 12.3. The lowest BCUT2D eigenvalue weighted by Gasteiger charge is -2.19. The summed E-state index contributed by atoms with van der Waals surface area (Å²) in [7, 11) is -4.30. The molecule has 0 heterocycles. The number of esters is 1. The molecule has 0 spiro atoms. The molecule has 0 saturated carbocycles. The maximum absolute atomic E-state index is 12.4. The Hall–Kier alpha value is -1.96. The second-order valence-electron chi connectivity index (χ2n) is 10.9. The van der Waals surface area contributed by atoms with Gasteiger partial charge in [-0.15, -0.1) is 0 Å². The zero-order valence-corrected chi connectivity index (χ0v) is 28.5. The molecular weight excluding hydrogens is 577 g/mol. The molecule has 0 bridgehead atoms. The first-order valence-corrected chi connectivity index (χ1v) is 18.4. The number of phosphoric ester groups is 1. The molecule has 8 nitrogen and oxygen atoms in total. The van der Waals surface area contributed by atoms with Crippen molar-refractivity contribution in [1.29, 1.82) is 0 Å². The van der Waals surface area contributed by atoms with Crippen LogP contribution in [0.5, 0.6) is 0 Å². The molecule has 0 aliphatic rings. The summed E-state index contributed by atoms with van der Waals surface area (Å²) < 4.78 is 32.7. The average molecular weight is 640 g/mol. The number of phosphoric acid groups is 1. The highest BCUT2D eigenvalue weighted by atomic mass is 31.2. The fourth-order valence-corrected chi connectivity index (χ4v) is 5.01. The summed E-state index contributed by atoms with van der Waals surface area (Å²) in [5.74, 6) is -0.386. The minimum absolute atomic E-state index is 0.0336. The number of carbonyl (C=O) groups is 1. The standard InChI is InChI=1S/C35H62NO7P/c1-3-5-7-9-11-13-15-16-17-18-19-20-22-24-26-28-35(37)43-34(33-42-44(38,39)41-31-29-36)32-40-30-27-25-23-21-14-12-10-8-6-4-2/h6,8,10,12,14,21,23,25,27,30,34H,3-5,7,9,11,13,15-20,22,24,26,28-29,31-33,36H2,1-2H3,(H,38,39). The summed E-state index contributed by atoms with van der Waals surface area (Å²) in [6, 6.07) is 0. The summed E-state index contributed by atoms with van der Waals surface area (Å²) >= 11 is 0. The van der Waals surface area contributed by atoms with E-state index in [2.05, 4.69) is 19.9 Å². The second kappa shape index (κ2) is 32.4. The minimum Gasteiger partial charge on any atom is -0.497 e. The van der Waals surface area contributed by atoms with Crippen molar-refractivity contribution >= 4 is 13.8 Å². The van der Waals surface area contributed by atoms with Crippen molar-refractivity contribution in [2.45, 2.75) is 129 Å². The van der Waals surface area contributed by atoms with Gasteiger partial charge in [0.25, 0.3) is 0 Å². The molecule has 0 fully saturated rings. The Morgan fingerprint density at radius 1 is 0.705 bits per heavy atom. The summed E-state index contributed by atoms with van der Waals surface area (Å²) in [5, 5.41) is 0. The van der Waals surface area contributed by atoms with Crippen LogP contribution in [0.15, 0.2) is 60.9 Å². The predicted octanol–water partition coefficient (Wildman–Crippen LogP) is 9.42. The number of nitrogens with two attached hydrogens (primary N) is 1. The van der Waals surface area contributed by atoms with Crippen LogP contribution in [0.1, 0.15) is 123 Å². The molecule has 0 aromatic rings. The van der Waals surface area contributed by atoms with Crippen LogP contribution in [0.2, 0.25) is 0 Å². The van der Waals surface area contributed by atoms with E-state index in [4.69, 9.17) is 24.3 Å². The van der Waals surface area contributed by atoms with Gasteiger partial charge < -0.3 is 20.1 Å². The van der Waals surface area contributed by atoms with Crippen LogP contribution in [0.25, 0.3) is 0 Å². The molecule has 0 amide bonds. The molecule has 9 heteroatoms. The van der Waals surface area contributed by atoms with Gasteiger partial charge in [-0.1, -0.05) is 152 Å². The summed E-state index contributed by atoms with van der Waals surface area (Å²) in [4.78, 5) is 22.2. The van der Waals surface area contributed by atoms with Crippen LogP contribution in [-0.2, 0) is 27.9 Å². The van der Waals surface area contributed by atoms with Crippen molar-refractivity contribution in [3.63, 3.8) is 0 Å². The van der Waals surface area contributed by atoms with Gasteiger partial charge >= 0.3 is 13.8 Å². The van der Waals surface area contributed by atoms with Crippen molar-refractivity contribution in [2.24, 2.45) is 5.73 Å². The molecule has 2 atom stereocenters. The molecule has 0 aromatic heterocycles. The van der Waals surface area contributed by atoms with E-state index < -0.39 is 13.9 Å². The predicted molar refractivity (Wildman–Crippen MR) is 182 cm³/mol. The van der Waals surface area contributed by atoms with Gasteiger partial charge in [0.2, 0.25) is 0 Å². The molecule has 0 rings (SSSR count). The van der Waals surface area contributed by atoms with Gasteiger partial charge in [-0.25, -0.2) is 4.57 Å². The number of allylic oxidation sites excluding steroid dienone is 9. The molecule has 254 valence electrons. The average Bonchev–Trinajstić information content (AvgIpc) is 3.01. The van der Waals surface area contributed by atoms with Gasteiger partial charge in [-0.2, -0.15) is 0 Å². The first kappa shape index (κ1) is 42.0. The third-order valence-electron chi connectivity index (χ3n) is 6.68. The first-order chi connectivity index (χ1) is 21.4. The minimum atomic E-state index is -4.30. The van der Waals surface area contributed by atoms with Gasteiger partial charge in [0.15, 0.2) is 6.10 Å². The quantitative estimate of drug-likeness (QED) is 0.0253. The van der Waals surface area contributed by atoms with E-state index >= 15 is 0 Å². The van der Waals surface area contributed by atoms with Gasteiger partial charge in [0.1, 0.15) is 6.61 Å². The highest BCUT2D eigenvalue weighted by molar-refractivity contribution is 7.47. The van der Waals surface area contributed by atoms with E-state index in [1.165, 1.54) is 83.3 Å². The molecule has 0 aromatic carbocycles. The van der Waals surface area contributed by atoms with Crippen LogP contribution in [0, 0.1) is 0 Å². The number of hydrogen-bond acceptors (Lipinski definition) is 7. The normalized spacial score (nSPS) is 14.5. The summed E-state index contributed by atoms with van der Waals surface area (Å²) in [6.07, 6.45) is 37.8. The van der Waals surface area contributed by atoms with Crippen LogP contribution >= 0.6 is 7.82 Å². The lowest BCUT2D eigenvalue weighted by atomic mass is 10.0. The Morgan fingerprint density at radius 3 is 1.73 bits per heavy atom. The molecule has 44 heavy (non-hydrogen) atoms. The number of rotatable bonds is 31. The number of hydrogen-bond donors (Lipinski definition) is 2. The Balaban J connectivity index is 4.28. The fourth-order valence-electron chi connectivity index (χ4n) is 4.25. The van der Waals surface area contributed by atoms with Crippen LogP contribution in [0.4, 0.5) is 0 Å². The Morgan fingerprint density at radius 2 is 1.20 bits per heavy atom. The van der Waals surface area contributed by atoms with Crippen LogP contribution in [0.3, 0.4) is 0 Å². The lowest BCUT2D eigenvalue weighted by molar-refractivity contribution is -0.153. The third-order valence-corrected chi connectivity index (χ3v) is 7.67. The third kappa shape index (κ3) is 31.5. The van der Waals surface area contributed by atoms with Crippen LogP contribution in [-0.4, -0.2) is 43.3 Å². The Kier molecular flexibility index (Phi) is 31.0. The van der Waals surface area contributed by atoms with Gasteiger partial charge in [-0.3, -0.25) is 13.8 Å². The number of carbonyl (C=O) groups excluding carboxylic acids is 1. The zero-order chi connectivity index (χ0) is 32.4.